The van der Waals surface area contributed by atoms with E-state index in [-0.39, 0.29) is 6.03 Å². The van der Waals surface area contributed by atoms with E-state index in [0.717, 1.165) is 29.0 Å². The van der Waals surface area contributed by atoms with E-state index >= 15 is 0 Å². The van der Waals surface area contributed by atoms with Crippen LogP contribution in [0.3, 0.4) is 0 Å². The number of carbonyl (C=O) groups is 1. The van der Waals surface area contributed by atoms with Crippen molar-refractivity contribution in [3.05, 3.63) is 24.0 Å². The summed E-state index contributed by atoms with van der Waals surface area (Å²) in [5.41, 5.74) is 2.63. The second kappa shape index (κ2) is 5.73. The normalized spacial score (nSPS) is 10.9. The highest BCUT2D eigenvalue weighted by Crippen LogP contribution is 2.20. The van der Waals surface area contributed by atoms with Gasteiger partial charge in [-0.05, 0) is 24.6 Å². The SMILES string of the molecule is CCCNC(=O)Nc1ccc2nc(C(C)C)[nH]c2c1. The first kappa shape index (κ1) is 13.4. The second-order valence-electron chi connectivity index (χ2n) is 4.89. The molecule has 2 rings (SSSR count). The van der Waals surface area contributed by atoms with E-state index in [1.165, 1.54) is 0 Å². The fourth-order valence-corrected chi connectivity index (χ4v) is 1.79. The number of aromatic nitrogens is 2. The minimum absolute atomic E-state index is 0.176. The van der Waals surface area contributed by atoms with Crippen LogP contribution < -0.4 is 10.6 Å². The summed E-state index contributed by atoms with van der Waals surface area (Å²) in [5.74, 6) is 1.32. The molecule has 0 fully saturated rings. The van der Waals surface area contributed by atoms with E-state index < -0.39 is 0 Å². The predicted molar refractivity (Wildman–Crippen MR) is 77.5 cm³/mol. The van der Waals surface area contributed by atoms with Gasteiger partial charge < -0.3 is 15.6 Å². The lowest BCUT2D eigenvalue weighted by Gasteiger charge is -2.06. The Labute approximate surface area is 112 Å². The van der Waals surface area contributed by atoms with Gasteiger partial charge in [0.15, 0.2) is 0 Å². The number of hydrogen-bond acceptors (Lipinski definition) is 2. The van der Waals surface area contributed by atoms with Gasteiger partial charge in [-0.1, -0.05) is 20.8 Å². The summed E-state index contributed by atoms with van der Waals surface area (Å²) in [6.07, 6.45) is 0.921. The van der Waals surface area contributed by atoms with E-state index in [1.54, 1.807) is 0 Å². The van der Waals surface area contributed by atoms with E-state index in [9.17, 15) is 4.79 Å². The first-order valence-electron chi connectivity index (χ1n) is 6.64. The molecule has 0 spiro atoms. The van der Waals surface area contributed by atoms with Gasteiger partial charge in [0.1, 0.15) is 5.82 Å². The number of fused-ring (bicyclic) bond motifs is 1. The molecule has 0 radical (unpaired) electrons. The zero-order valence-corrected chi connectivity index (χ0v) is 11.6. The molecule has 0 unspecified atom stereocenters. The molecule has 1 aromatic carbocycles. The fourth-order valence-electron chi connectivity index (χ4n) is 1.79. The fraction of sp³-hybridized carbons (Fsp3) is 0.429. The Morgan fingerprint density at radius 2 is 2.21 bits per heavy atom. The summed E-state index contributed by atoms with van der Waals surface area (Å²) in [6, 6.07) is 5.50. The highest BCUT2D eigenvalue weighted by molar-refractivity contribution is 5.91. The number of nitrogens with zero attached hydrogens (tertiary/aromatic N) is 1. The molecule has 2 aromatic rings. The molecule has 0 saturated carbocycles. The number of nitrogens with one attached hydrogen (secondary N) is 3. The molecule has 0 aliphatic carbocycles. The highest BCUT2D eigenvalue weighted by atomic mass is 16.2. The molecule has 19 heavy (non-hydrogen) atoms. The molecular formula is C14H20N4O. The van der Waals surface area contributed by atoms with Crippen LogP contribution in [0.4, 0.5) is 10.5 Å². The number of anilines is 1. The van der Waals surface area contributed by atoms with Gasteiger partial charge in [-0.3, -0.25) is 0 Å². The van der Waals surface area contributed by atoms with E-state index in [4.69, 9.17) is 0 Å². The van der Waals surface area contributed by atoms with Crippen molar-refractivity contribution in [1.82, 2.24) is 15.3 Å². The largest absolute Gasteiger partial charge is 0.342 e. The minimum atomic E-state index is -0.176. The third-order valence-corrected chi connectivity index (χ3v) is 2.84. The molecular weight excluding hydrogens is 240 g/mol. The lowest BCUT2D eigenvalue weighted by Crippen LogP contribution is -2.29. The van der Waals surface area contributed by atoms with Crippen LogP contribution in [0.5, 0.6) is 0 Å². The molecule has 5 heteroatoms. The Morgan fingerprint density at radius 3 is 2.89 bits per heavy atom. The van der Waals surface area contributed by atoms with Crippen molar-refractivity contribution >= 4 is 22.8 Å². The molecule has 2 amide bonds. The smallest absolute Gasteiger partial charge is 0.319 e. The average molecular weight is 260 g/mol. The number of carbonyl (C=O) groups excluding carboxylic acids is 1. The standard InChI is InChI=1S/C14H20N4O/c1-4-7-15-14(19)16-10-5-6-11-12(8-10)18-13(17-11)9(2)3/h5-6,8-9H,4,7H2,1-3H3,(H,17,18)(H2,15,16,19). The van der Waals surface area contributed by atoms with Crippen molar-refractivity contribution in [3.63, 3.8) is 0 Å². The molecule has 0 atom stereocenters. The number of rotatable bonds is 4. The van der Waals surface area contributed by atoms with Crippen molar-refractivity contribution in [3.8, 4) is 0 Å². The van der Waals surface area contributed by atoms with Crippen LogP contribution in [0.2, 0.25) is 0 Å². The molecule has 5 nitrogen and oxygen atoms in total. The summed E-state index contributed by atoms with van der Waals surface area (Å²) in [6.45, 7) is 6.88. The monoisotopic (exact) mass is 260 g/mol. The van der Waals surface area contributed by atoms with Gasteiger partial charge in [-0.2, -0.15) is 0 Å². The Kier molecular flexibility index (Phi) is 4.04. The summed E-state index contributed by atoms with van der Waals surface area (Å²) < 4.78 is 0. The molecule has 0 saturated heterocycles. The van der Waals surface area contributed by atoms with Gasteiger partial charge >= 0.3 is 6.03 Å². The number of benzene rings is 1. The van der Waals surface area contributed by atoms with Gasteiger partial charge in [0, 0.05) is 18.2 Å². The van der Waals surface area contributed by atoms with Crippen molar-refractivity contribution < 1.29 is 4.79 Å². The Hall–Kier alpha value is -2.04. The van der Waals surface area contributed by atoms with Gasteiger partial charge in [0.25, 0.3) is 0 Å². The predicted octanol–water partition coefficient (Wildman–Crippen LogP) is 3.22. The summed E-state index contributed by atoms with van der Waals surface area (Å²) >= 11 is 0. The second-order valence-corrected chi connectivity index (χ2v) is 4.89. The van der Waals surface area contributed by atoms with Crippen LogP contribution in [0.15, 0.2) is 18.2 Å². The van der Waals surface area contributed by atoms with Crippen LogP contribution in [0.25, 0.3) is 11.0 Å². The summed E-state index contributed by atoms with van der Waals surface area (Å²) in [7, 11) is 0. The van der Waals surface area contributed by atoms with Crippen LogP contribution in [-0.4, -0.2) is 22.5 Å². The number of imidazole rings is 1. The lowest BCUT2D eigenvalue weighted by atomic mass is 10.2. The van der Waals surface area contributed by atoms with E-state index in [2.05, 4.69) is 34.4 Å². The topological polar surface area (TPSA) is 69.8 Å². The van der Waals surface area contributed by atoms with Crippen LogP contribution in [0, 0.1) is 0 Å². The third kappa shape index (κ3) is 3.24. The van der Waals surface area contributed by atoms with Crippen molar-refractivity contribution in [1.29, 1.82) is 0 Å². The Morgan fingerprint density at radius 1 is 1.42 bits per heavy atom. The quantitative estimate of drug-likeness (QED) is 0.790. The van der Waals surface area contributed by atoms with Gasteiger partial charge in [0.05, 0.1) is 11.0 Å². The van der Waals surface area contributed by atoms with Crippen LogP contribution >= 0.6 is 0 Å². The maximum absolute atomic E-state index is 11.6. The van der Waals surface area contributed by atoms with Crippen LogP contribution in [0.1, 0.15) is 38.9 Å². The zero-order chi connectivity index (χ0) is 13.8. The molecule has 102 valence electrons. The minimum Gasteiger partial charge on any atom is -0.342 e. The zero-order valence-electron chi connectivity index (χ0n) is 11.6. The molecule has 3 N–H and O–H groups in total. The summed E-state index contributed by atoms with van der Waals surface area (Å²) in [4.78, 5) is 19.3. The Balaban J connectivity index is 2.14. The lowest BCUT2D eigenvalue weighted by molar-refractivity contribution is 0.252. The molecule has 0 bridgehead atoms. The number of H-pyrrole nitrogens is 1. The van der Waals surface area contributed by atoms with Crippen molar-refractivity contribution in [2.24, 2.45) is 0 Å². The molecule has 0 aliphatic rings. The maximum Gasteiger partial charge on any atom is 0.319 e. The highest BCUT2D eigenvalue weighted by Gasteiger charge is 2.07. The van der Waals surface area contributed by atoms with E-state index in [1.807, 2.05) is 25.1 Å². The number of urea groups is 1. The molecule has 1 heterocycles. The number of hydrogen-bond donors (Lipinski definition) is 3. The van der Waals surface area contributed by atoms with Gasteiger partial charge in [-0.25, -0.2) is 9.78 Å². The average Bonchev–Trinajstić information content (AvgIpc) is 2.79. The maximum atomic E-state index is 11.6. The van der Waals surface area contributed by atoms with Gasteiger partial charge in [0.2, 0.25) is 0 Å². The first-order valence-corrected chi connectivity index (χ1v) is 6.64. The first-order chi connectivity index (χ1) is 9.10. The Bertz CT molecular complexity index is 574. The molecule has 0 aliphatic heterocycles. The van der Waals surface area contributed by atoms with E-state index in [0.29, 0.717) is 12.5 Å². The third-order valence-electron chi connectivity index (χ3n) is 2.84. The van der Waals surface area contributed by atoms with Crippen molar-refractivity contribution in [2.75, 3.05) is 11.9 Å². The van der Waals surface area contributed by atoms with Crippen LogP contribution in [-0.2, 0) is 0 Å². The van der Waals surface area contributed by atoms with Crippen molar-refractivity contribution in [2.45, 2.75) is 33.1 Å². The molecule has 1 aromatic heterocycles. The number of aromatic amines is 1. The van der Waals surface area contributed by atoms with Gasteiger partial charge in [-0.15, -0.1) is 0 Å². The summed E-state index contributed by atoms with van der Waals surface area (Å²) in [5, 5.41) is 5.59. The number of amides is 2.